The van der Waals surface area contributed by atoms with Crippen molar-refractivity contribution in [3.05, 3.63) is 18.2 Å². The van der Waals surface area contributed by atoms with Crippen molar-refractivity contribution in [3.63, 3.8) is 0 Å². The number of carbonyl (C=O) groups is 2. The summed E-state index contributed by atoms with van der Waals surface area (Å²) in [5.41, 5.74) is 0.336. The Kier molecular flexibility index (Phi) is 5.98. The first-order chi connectivity index (χ1) is 12.9. The van der Waals surface area contributed by atoms with Crippen molar-refractivity contribution in [1.29, 1.82) is 0 Å². The van der Waals surface area contributed by atoms with E-state index in [1.807, 2.05) is 0 Å². The summed E-state index contributed by atoms with van der Waals surface area (Å²) >= 11 is 0. The zero-order valence-electron chi connectivity index (χ0n) is 14.9. The quantitative estimate of drug-likeness (QED) is 0.657. The number of fused-ring (bicyclic) bond motifs is 1. The summed E-state index contributed by atoms with van der Waals surface area (Å²) in [7, 11) is 0. The Bertz CT molecular complexity index is 693. The number of hydrogen-bond donors (Lipinski definition) is 3. The third-order valence-corrected chi connectivity index (χ3v) is 4.49. The van der Waals surface area contributed by atoms with Gasteiger partial charge in [0.25, 0.3) is 0 Å². The summed E-state index contributed by atoms with van der Waals surface area (Å²) in [4.78, 5) is 23.7. The average molecular weight is 383 g/mol. The molecule has 0 saturated heterocycles. The highest BCUT2D eigenvalue weighted by molar-refractivity contribution is 5.91. The Morgan fingerprint density at radius 1 is 1.11 bits per heavy atom. The number of hydrogen-bond acceptors (Lipinski definition) is 4. The number of carbonyl (C=O) groups excluding carboxylic acids is 2. The van der Waals surface area contributed by atoms with Gasteiger partial charge < -0.3 is 25.4 Å². The molecule has 1 aliphatic carbocycles. The standard InChI is InChI=1S/C18H23F2N3O4/c19-18(20)26-14-9-8-13(11-15(14)27-18)22-16(24)7-4-10-21-17(25)23-12-5-2-1-3-6-12/h8-9,11-12H,1-7,10H2,(H,22,24)(H2,21,23,25). The van der Waals surface area contributed by atoms with Gasteiger partial charge in [-0.3, -0.25) is 4.79 Å². The van der Waals surface area contributed by atoms with Crippen LogP contribution in [0.4, 0.5) is 19.3 Å². The zero-order chi connectivity index (χ0) is 19.3. The molecule has 1 aromatic rings. The van der Waals surface area contributed by atoms with E-state index in [0.717, 1.165) is 25.7 Å². The molecule has 7 nitrogen and oxygen atoms in total. The molecule has 1 saturated carbocycles. The van der Waals surface area contributed by atoms with Crippen LogP contribution in [0, 0.1) is 0 Å². The summed E-state index contributed by atoms with van der Waals surface area (Å²) < 4.78 is 34.6. The van der Waals surface area contributed by atoms with Crippen LogP contribution in [0.5, 0.6) is 11.5 Å². The van der Waals surface area contributed by atoms with Crippen LogP contribution in [0.1, 0.15) is 44.9 Å². The minimum atomic E-state index is -3.69. The second kappa shape index (κ2) is 8.41. The van der Waals surface area contributed by atoms with E-state index in [9.17, 15) is 18.4 Å². The minimum absolute atomic E-state index is 0.0776. The monoisotopic (exact) mass is 383 g/mol. The molecular formula is C18H23F2N3O4. The summed E-state index contributed by atoms with van der Waals surface area (Å²) in [6, 6.07) is 4.07. The third kappa shape index (κ3) is 5.70. The zero-order valence-corrected chi connectivity index (χ0v) is 14.9. The number of ether oxygens (including phenoxy) is 2. The normalized spacial score (nSPS) is 18.0. The molecule has 1 aliphatic heterocycles. The maximum atomic E-state index is 13.0. The summed E-state index contributed by atoms with van der Waals surface area (Å²) in [6.45, 7) is 0.374. The molecule has 0 aromatic heterocycles. The summed E-state index contributed by atoms with van der Waals surface area (Å²) in [5.74, 6) is -0.486. The molecule has 0 spiro atoms. The van der Waals surface area contributed by atoms with Crippen LogP contribution in [-0.4, -0.2) is 30.8 Å². The van der Waals surface area contributed by atoms with E-state index in [1.54, 1.807) is 0 Å². The van der Waals surface area contributed by atoms with Crippen molar-refractivity contribution in [2.75, 3.05) is 11.9 Å². The molecule has 3 N–H and O–H groups in total. The van der Waals surface area contributed by atoms with Gasteiger partial charge in [-0.05, 0) is 31.4 Å². The first-order valence-corrected chi connectivity index (χ1v) is 9.15. The number of halogens is 2. The van der Waals surface area contributed by atoms with E-state index in [0.29, 0.717) is 18.7 Å². The van der Waals surface area contributed by atoms with Crippen LogP contribution in [0.15, 0.2) is 18.2 Å². The van der Waals surface area contributed by atoms with Gasteiger partial charge in [-0.1, -0.05) is 19.3 Å². The minimum Gasteiger partial charge on any atom is -0.395 e. The molecule has 3 rings (SSSR count). The van der Waals surface area contributed by atoms with Gasteiger partial charge in [-0.25, -0.2) is 4.79 Å². The van der Waals surface area contributed by atoms with Gasteiger partial charge in [0.15, 0.2) is 11.5 Å². The summed E-state index contributed by atoms with van der Waals surface area (Å²) in [5, 5.41) is 8.29. The fourth-order valence-corrected chi connectivity index (χ4v) is 3.18. The molecule has 3 amide bonds. The Labute approximate surface area is 155 Å². The van der Waals surface area contributed by atoms with Crippen molar-refractivity contribution < 1.29 is 27.8 Å². The molecule has 0 radical (unpaired) electrons. The number of amides is 3. The van der Waals surface area contributed by atoms with Crippen molar-refractivity contribution in [2.45, 2.75) is 57.3 Å². The third-order valence-electron chi connectivity index (χ3n) is 4.49. The lowest BCUT2D eigenvalue weighted by atomic mass is 9.96. The Hall–Kier alpha value is -2.58. The van der Waals surface area contributed by atoms with Crippen molar-refractivity contribution in [2.24, 2.45) is 0 Å². The second-order valence-corrected chi connectivity index (χ2v) is 6.72. The van der Waals surface area contributed by atoms with Gasteiger partial charge in [0, 0.05) is 30.8 Å². The number of nitrogens with one attached hydrogen (secondary N) is 3. The average Bonchev–Trinajstić information content (AvgIpc) is 2.93. The van der Waals surface area contributed by atoms with Gasteiger partial charge in [-0.2, -0.15) is 0 Å². The van der Waals surface area contributed by atoms with E-state index in [1.165, 1.54) is 24.6 Å². The fraction of sp³-hybridized carbons (Fsp3) is 0.556. The van der Waals surface area contributed by atoms with Crippen LogP contribution in [0.2, 0.25) is 0 Å². The van der Waals surface area contributed by atoms with Crippen molar-refractivity contribution in [1.82, 2.24) is 10.6 Å². The highest BCUT2D eigenvalue weighted by Crippen LogP contribution is 2.42. The molecule has 0 bridgehead atoms. The molecule has 148 valence electrons. The highest BCUT2D eigenvalue weighted by atomic mass is 19.3. The Morgan fingerprint density at radius 3 is 2.63 bits per heavy atom. The molecule has 0 unspecified atom stereocenters. The molecule has 9 heteroatoms. The van der Waals surface area contributed by atoms with Crippen LogP contribution in [0.25, 0.3) is 0 Å². The topological polar surface area (TPSA) is 88.7 Å². The van der Waals surface area contributed by atoms with Crippen LogP contribution < -0.4 is 25.4 Å². The number of anilines is 1. The first-order valence-electron chi connectivity index (χ1n) is 9.15. The van der Waals surface area contributed by atoms with E-state index in [-0.39, 0.29) is 35.9 Å². The molecule has 1 fully saturated rings. The summed E-state index contributed by atoms with van der Waals surface area (Å²) in [6.07, 6.45) is 2.50. The van der Waals surface area contributed by atoms with Gasteiger partial charge in [0.05, 0.1) is 0 Å². The molecule has 1 aromatic carbocycles. The van der Waals surface area contributed by atoms with Gasteiger partial charge >= 0.3 is 12.3 Å². The van der Waals surface area contributed by atoms with Crippen molar-refractivity contribution >= 4 is 17.6 Å². The first kappa shape index (κ1) is 19.2. The molecule has 2 aliphatic rings. The van der Waals surface area contributed by atoms with Gasteiger partial charge in [0.1, 0.15) is 0 Å². The number of urea groups is 1. The lowest BCUT2D eigenvalue weighted by Gasteiger charge is -2.22. The van der Waals surface area contributed by atoms with Crippen LogP contribution >= 0.6 is 0 Å². The number of alkyl halides is 2. The number of rotatable bonds is 6. The lowest BCUT2D eigenvalue weighted by Crippen LogP contribution is -2.43. The lowest BCUT2D eigenvalue weighted by molar-refractivity contribution is -0.286. The number of benzene rings is 1. The molecule has 1 heterocycles. The van der Waals surface area contributed by atoms with E-state index >= 15 is 0 Å². The SMILES string of the molecule is O=C(CCCNC(=O)NC1CCCCC1)Nc1ccc2c(c1)OC(F)(F)O2. The van der Waals surface area contributed by atoms with Crippen LogP contribution in [-0.2, 0) is 4.79 Å². The predicted molar refractivity (Wildman–Crippen MR) is 93.9 cm³/mol. The van der Waals surface area contributed by atoms with E-state index in [4.69, 9.17) is 0 Å². The van der Waals surface area contributed by atoms with Gasteiger partial charge in [-0.15, -0.1) is 8.78 Å². The molecule has 27 heavy (non-hydrogen) atoms. The molecule has 0 atom stereocenters. The fourth-order valence-electron chi connectivity index (χ4n) is 3.18. The highest BCUT2D eigenvalue weighted by Gasteiger charge is 2.43. The Balaban J connectivity index is 1.34. The van der Waals surface area contributed by atoms with Crippen molar-refractivity contribution in [3.8, 4) is 11.5 Å². The smallest absolute Gasteiger partial charge is 0.395 e. The van der Waals surface area contributed by atoms with E-state index in [2.05, 4.69) is 25.4 Å². The Morgan fingerprint density at radius 2 is 1.85 bits per heavy atom. The maximum absolute atomic E-state index is 13.0. The molecular weight excluding hydrogens is 360 g/mol. The largest absolute Gasteiger partial charge is 0.586 e. The second-order valence-electron chi connectivity index (χ2n) is 6.72. The van der Waals surface area contributed by atoms with Crippen LogP contribution in [0.3, 0.4) is 0 Å². The maximum Gasteiger partial charge on any atom is 0.586 e. The van der Waals surface area contributed by atoms with Gasteiger partial charge in [0.2, 0.25) is 5.91 Å². The van der Waals surface area contributed by atoms with E-state index < -0.39 is 6.29 Å². The predicted octanol–water partition coefficient (Wildman–Crippen LogP) is 3.36.